The van der Waals surface area contributed by atoms with Crippen LogP contribution in [0.2, 0.25) is 0 Å². The number of halogens is 1. The molecule has 5 heteroatoms. The lowest BCUT2D eigenvalue weighted by Gasteiger charge is -2.44. The van der Waals surface area contributed by atoms with E-state index in [-0.39, 0.29) is 11.4 Å². The zero-order chi connectivity index (χ0) is 14.3. The average molecular weight is 276 g/mol. The fourth-order valence-electron chi connectivity index (χ4n) is 3.54. The number of anilines is 1. The van der Waals surface area contributed by atoms with Crippen molar-refractivity contribution in [2.24, 2.45) is 5.73 Å². The van der Waals surface area contributed by atoms with Gasteiger partial charge in [0.1, 0.15) is 11.7 Å². The third-order valence-electron chi connectivity index (χ3n) is 4.51. The van der Waals surface area contributed by atoms with Crippen molar-refractivity contribution in [3.05, 3.63) is 29.6 Å². The summed E-state index contributed by atoms with van der Waals surface area (Å²) >= 11 is 0. The number of nitrogens with zero attached hydrogens (tertiary/aromatic N) is 2. The normalized spacial score (nSPS) is 26.6. The fourth-order valence-corrected chi connectivity index (χ4v) is 3.54. The summed E-state index contributed by atoms with van der Waals surface area (Å²) in [7, 11) is 0. The van der Waals surface area contributed by atoms with E-state index in [0.29, 0.717) is 12.1 Å². The van der Waals surface area contributed by atoms with Gasteiger partial charge in [0.25, 0.3) is 0 Å². The van der Waals surface area contributed by atoms with Gasteiger partial charge in [0, 0.05) is 25.2 Å². The maximum absolute atomic E-state index is 14.0. The number of nitrogens with two attached hydrogens (primary N) is 1. The Labute approximate surface area is 118 Å². The van der Waals surface area contributed by atoms with Gasteiger partial charge in [-0.05, 0) is 38.4 Å². The highest BCUT2D eigenvalue weighted by atomic mass is 19.1. The molecule has 0 radical (unpaired) electrons. The summed E-state index contributed by atoms with van der Waals surface area (Å²) in [6, 6.07) is 5.81. The van der Waals surface area contributed by atoms with Gasteiger partial charge in [-0.25, -0.2) is 4.39 Å². The molecular formula is C15H21FN4. The summed E-state index contributed by atoms with van der Waals surface area (Å²) in [5.41, 5.74) is 6.58. The second-order valence-electron chi connectivity index (χ2n) is 5.84. The number of amidine groups is 1. The number of fused-ring (bicyclic) bond motifs is 1. The van der Waals surface area contributed by atoms with Crippen LogP contribution in [0, 0.1) is 11.2 Å². The number of benzene rings is 1. The molecule has 0 aromatic heterocycles. The Bertz CT molecular complexity index is 531. The molecule has 2 saturated heterocycles. The van der Waals surface area contributed by atoms with Crippen molar-refractivity contribution in [3.8, 4) is 0 Å². The quantitative estimate of drug-likeness (QED) is 0.639. The van der Waals surface area contributed by atoms with Gasteiger partial charge in [-0.15, -0.1) is 0 Å². The number of hydrogen-bond donors (Lipinski definition) is 2. The first-order valence-corrected chi connectivity index (χ1v) is 7.21. The van der Waals surface area contributed by atoms with Crippen molar-refractivity contribution in [1.82, 2.24) is 4.90 Å². The molecule has 0 aliphatic carbocycles. The van der Waals surface area contributed by atoms with Gasteiger partial charge in [-0.1, -0.05) is 6.07 Å². The molecule has 0 saturated carbocycles. The maximum atomic E-state index is 14.0. The van der Waals surface area contributed by atoms with Crippen molar-refractivity contribution < 1.29 is 4.39 Å². The lowest BCUT2D eigenvalue weighted by molar-refractivity contribution is 0.203. The second-order valence-corrected chi connectivity index (χ2v) is 5.84. The Kier molecular flexibility index (Phi) is 3.38. The summed E-state index contributed by atoms with van der Waals surface area (Å²) < 4.78 is 14.0. The monoisotopic (exact) mass is 276 g/mol. The molecule has 2 atom stereocenters. The molecular weight excluding hydrogens is 255 g/mol. The van der Waals surface area contributed by atoms with Crippen molar-refractivity contribution in [2.75, 3.05) is 24.5 Å². The van der Waals surface area contributed by atoms with Gasteiger partial charge in [0.2, 0.25) is 0 Å². The maximum Gasteiger partial charge on any atom is 0.136 e. The molecule has 0 spiro atoms. The Morgan fingerprint density at radius 2 is 2.20 bits per heavy atom. The molecule has 2 heterocycles. The van der Waals surface area contributed by atoms with E-state index in [1.165, 1.54) is 25.5 Å². The van der Waals surface area contributed by atoms with Gasteiger partial charge in [0.05, 0.1) is 11.3 Å². The molecule has 2 fully saturated rings. The van der Waals surface area contributed by atoms with Crippen LogP contribution < -0.4 is 10.6 Å². The summed E-state index contributed by atoms with van der Waals surface area (Å²) in [4.78, 5) is 4.74. The topological polar surface area (TPSA) is 56.4 Å². The van der Waals surface area contributed by atoms with Gasteiger partial charge < -0.3 is 10.6 Å². The van der Waals surface area contributed by atoms with E-state index in [1.54, 1.807) is 6.07 Å². The number of rotatable bonds is 2. The molecule has 0 bridgehead atoms. The van der Waals surface area contributed by atoms with Gasteiger partial charge in [0.15, 0.2) is 0 Å². The van der Waals surface area contributed by atoms with Gasteiger partial charge in [-0.2, -0.15) is 0 Å². The average Bonchev–Trinajstić information content (AvgIpc) is 2.84. The molecule has 3 N–H and O–H groups in total. The van der Waals surface area contributed by atoms with E-state index in [4.69, 9.17) is 11.1 Å². The highest BCUT2D eigenvalue weighted by Crippen LogP contribution is 2.31. The lowest BCUT2D eigenvalue weighted by atomic mass is 10.0. The number of nitrogens with one attached hydrogen (secondary N) is 1. The van der Waals surface area contributed by atoms with Gasteiger partial charge >= 0.3 is 0 Å². The Balaban J connectivity index is 1.96. The standard InChI is InChI=1S/C15H21FN4/c1-10-8-19-7-3-4-11(19)9-20(10)13-6-2-5-12(16)14(13)15(17)18/h2,5-6,10-11H,3-4,7-9H2,1H3,(H3,17,18). The van der Waals surface area contributed by atoms with Gasteiger partial charge in [-0.3, -0.25) is 10.3 Å². The Morgan fingerprint density at radius 3 is 2.95 bits per heavy atom. The van der Waals surface area contributed by atoms with Crippen LogP contribution in [0.1, 0.15) is 25.3 Å². The van der Waals surface area contributed by atoms with Crippen LogP contribution in [-0.2, 0) is 0 Å². The summed E-state index contributed by atoms with van der Waals surface area (Å²) in [6.07, 6.45) is 2.45. The van der Waals surface area contributed by atoms with E-state index in [0.717, 1.165) is 18.8 Å². The predicted molar refractivity (Wildman–Crippen MR) is 78.8 cm³/mol. The van der Waals surface area contributed by atoms with E-state index >= 15 is 0 Å². The Hall–Kier alpha value is -1.62. The SMILES string of the molecule is CC1CN2CCCC2CN1c1cccc(F)c1C(=N)N. The summed E-state index contributed by atoms with van der Waals surface area (Å²) in [5, 5.41) is 7.65. The third-order valence-corrected chi connectivity index (χ3v) is 4.51. The van der Waals surface area contributed by atoms with Crippen LogP contribution in [0.5, 0.6) is 0 Å². The van der Waals surface area contributed by atoms with E-state index in [9.17, 15) is 4.39 Å². The molecule has 20 heavy (non-hydrogen) atoms. The lowest BCUT2D eigenvalue weighted by Crippen LogP contribution is -2.55. The van der Waals surface area contributed by atoms with Crippen molar-refractivity contribution in [1.29, 1.82) is 5.41 Å². The Morgan fingerprint density at radius 1 is 1.40 bits per heavy atom. The highest BCUT2D eigenvalue weighted by Gasteiger charge is 2.35. The largest absolute Gasteiger partial charge is 0.384 e. The van der Waals surface area contributed by atoms with E-state index in [2.05, 4.69) is 16.7 Å². The van der Waals surface area contributed by atoms with Crippen LogP contribution in [-0.4, -0.2) is 42.5 Å². The van der Waals surface area contributed by atoms with Crippen LogP contribution >= 0.6 is 0 Å². The minimum absolute atomic E-state index is 0.195. The smallest absolute Gasteiger partial charge is 0.136 e. The number of piperazine rings is 1. The molecule has 3 rings (SSSR count). The first-order chi connectivity index (χ1) is 9.58. The minimum Gasteiger partial charge on any atom is -0.384 e. The zero-order valence-electron chi connectivity index (χ0n) is 11.8. The molecule has 2 aliphatic heterocycles. The van der Waals surface area contributed by atoms with Crippen LogP contribution in [0.3, 0.4) is 0 Å². The molecule has 2 aliphatic rings. The molecule has 1 aromatic rings. The van der Waals surface area contributed by atoms with Crippen LogP contribution in [0.25, 0.3) is 0 Å². The third kappa shape index (κ3) is 2.16. The summed E-state index contributed by atoms with van der Waals surface area (Å²) in [6.45, 7) is 5.22. The minimum atomic E-state index is -0.406. The van der Waals surface area contributed by atoms with E-state index in [1.807, 2.05) is 6.07 Å². The zero-order valence-corrected chi connectivity index (χ0v) is 11.8. The van der Waals surface area contributed by atoms with Crippen molar-refractivity contribution in [2.45, 2.75) is 31.8 Å². The first-order valence-electron chi connectivity index (χ1n) is 7.21. The first kappa shape index (κ1) is 13.4. The molecule has 0 amide bonds. The molecule has 1 aromatic carbocycles. The van der Waals surface area contributed by atoms with Crippen LogP contribution in [0.15, 0.2) is 18.2 Å². The van der Waals surface area contributed by atoms with Crippen LogP contribution in [0.4, 0.5) is 10.1 Å². The fraction of sp³-hybridized carbons (Fsp3) is 0.533. The molecule has 4 nitrogen and oxygen atoms in total. The number of nitrogen functional groups attached to an aromatic ring is 1. The summed E-state index contributed by atoms with van der Waals surface area (Å²) in [5.74, 6) is -0.602. The number of hydrogen-bond acceptors (Lipinski definition) is 3. The van der Waals surface area contributed by atoms with E-state index < -0.39 is 5.82 Å². The van der Waals surface area contributed by atoms with Crippen molar-refractivity contribution >= 4 is 11.5 Å². The highest BCUT2D eigenvalue weighted by molar-refractivity contribution is 6.00. The molecule has 2 unspecified atom stereocenters. The predicted octanol–water partition coefficient (Wildman–Crippen LogP) is 1.78. The molecule has 108 valence electrons. The second kappa shape index (κ2) is 5.05. The van der Waals surface area contributed by atoms with Crippen molar-refractivity contribution in [3.63, 3.8) is 0 Å².